The maximum atomic E-state index is 12.7. The molecule has 0 aliphatic carbocycles. The summed E-state index contributed by atoms with van der Waals surface area (Å²) >= 11 is 1.10. The first-order valence-corrected chi connectivity index (χ1v) is 12.0. The number of aryl methyl sites for hydroxylation is 1. The summed E-state index contributed by atoms with van der Waals surface area (Å²) in [5.74, 6) is -1.30. The third-order valence-corrected chi connectivity index (χ3v) is 6.46. The van der Waals surface area contributed by atoms with Gasteiger partial charge in [0, 0.05) is 4.88 Å². The minimum atomic E-state index is -0.608. The summed E-state index contributed by atoms with van der Waals surface area (Å²) in [6.45, 7) is 3.61. The number of anilines is 1. The number of fused-ring (bicyclic) bond motifs is 1. The fraction of sp³-hybridized carbons (Fsp3) is 0.231. The van der Waals surface area contributed by atoms with Crippen molar-refractivity contribution in [2.75, 3.05) is 18.5 Å². The molecule has 0 bridgehead atoms. The molecule has 3 aromatic rings. The Morgan fingerprint density at radius 2 is 1.63 bits per heavy atom. The zero-order chi connectivity index (χ0) is 24.9. The van der Waals surface area contributed by atoms with Crippen LogP contribution in [-0.4, -0.2) is 41.8 Å². The molecule has 8 nitrogen and oxygen atoms in total. The molecule has 1 N–H and O–H groups in total. The van der Waals surface area contributed by atoms with E-state index in [4.69, 9.17) is 9.47 Å². The van der Waals surface area contributed by atoms with E-state index in [-0.39, 0.29) is 30.3 Å². The van der Waals surface area contributed by atoms with Crippen LogP contribution in [0, 0.1) is 0 Å². The van der Waals surface area contributed by atoms with Crippen molar-refractivity contribution >= 4 is 40.0 Å². The van der Waals surface area contributed by atoms with E-state index in [0.717, 1.165) is 28.2 Å². The first kappa shape index (κ1) is 24.2. The summed E-state index contributed by atoms with van der Waals surface area (Å²) in [6.07, 6.45) is 0.902. The highest BCUT2D eigenvalue weighted by atomic mass is 32.1. The van der Waals surface area contributed by atoms with Crippen molar-refractivity contribution in [3.05, 3.63) is 81.7 Å². The average Bonchev–Trinajstić information content (AvgIpc) is 3.37. The van der Waals surface area contributed by atoms with Crippen LogP contribution < -0.4 is 10.1 Å². The normalized spacial score (nSPS) is 12.5. The Hall–Kier alpha value is -3.98. The molecular weight excluding hydrogens is 468 g/mol. The van der Waals surface area contributed by atoms with Gasteiger partial charge in [-0.05, 0) is 49.2 Å². The lowest BCUT2D eigenvalue weighted by Gasteiger charge is -2.12. The van der Waals surface area contributed by atoms with Crippen LogP contribution >= 0.6 is 11.3 Å². The first-order chi connectivity index (χ1) is 16.9. The Labute approximate surface area is 206 Å². The van der Waals surface area contributed by atoms with Crippen molar-refractivity contribution in [1.82, 2.24) is 4.90 Å². The number of rotatable bonds is 9. The molecule has 0 unspecified atom stereocenters. The van der Waals surface area contributed by atoms with Crippen molar-refractivity contribution < 1.29 is 28.7 Å². The molecule has 35 heavy (non-hydrogen) atoms. The lowest BCUT2D eigenvalue weighted by Crippen LogP contribution is -2.28. The van der Waals surface area contributed by atoms with Gasteiger partial charge in [-0.2, -0.15) is 0 Å². The van der Waals surface area contributed by atoms with Crippen molar-refractivity contribution in [2.24, 2.45) is 0 Å². The highest BCUT2D eigenvalue weighted by Gasteiger charge is 2.35. The third-order valence-electron chi connectivity index (χ3n) is 5.43. The number of benzene rings is 2. The Morgan fingerprint density at radius 1 is 0.971 bits per heavy atom. The van der Waals surface area contributed by atoms with Crippen LogP contribution in [0.2, 0.25) is 0 Å². The van der Waals surface area contributed by atoms with Crippen molar-refractivity contribution in [3.8, 4) is 5.75 Å². The molecule has 0 spiro atoms. The second-order valence-electron chi connectivity index (χ2n) is 7.75. The minimum Gasteiger partial charge on any atom is -0.484 e. The van der Waals surface area contributed by atoms with E-state index >= 15 is 0 Å². The van der Waals surface area contributed by atoms with Gasteiger partial charge in [0.05, 0.1) is 29.8 Å². The zero-order valence-electron chi connectivity index (χ0n) is 19.3. The van der Waals surface area contributed by atoms with E-state index in [2.05, 4.69) is 5.32 Å². The molecule has 0 saturated carbocycles. The summed E-state index contributed by atoms with van der Waals surface area (Å²) < 4.78 is 10.7. The predicted molar refractivity (Wildman–Crippen MR) is 131 cm³/mol. The van der Waals surface area contributed by atoms with Gasteiger partial charge in [-0.25, -0.2) is 4.79 Å². The molecule has 2 aromatic carbocycles. The van der Waals surface area contributed by atoms with Crippen LogP contribution in [0.15, 0.2) is 54.6 Å². The largest absolute Gasteiger partial charge is 0.484 e. The maximum Gasteiger partial charge on any atom is 0.341 e. The van der Waals surface area contributed by atoms with Gasteiger partial charge in [0.25, 0.3) is 17.7 Å². The molecule has 1 aliphatic rings. The highest BCUT2D eigenvalue weighted by Crippen LogP contribution is 2.32. The number of amides is 3. The van der Waals surface area contributed by atoms with Gasteiger partial charge < -0.3 is 14.8 Å². The summed E-state index contributed by atoms with van der Waals surface area (Å²) in [5, 5.41) is 2.96. The quantitative estimate of drug-likeness (QED) is 0.353. The summed E-state index contributed by atoms with van der Waals surface area (Å²) in [6, 6.07) is 15.6. The average molecular weight is 493 g/mol. The number of carbonyl (C=O) groups excluding carboxylic acids is 4. The van der Waals surface area contributed by atoms with Crippen LogP contribution in [0.25, 0.3) is 0 Å². The van der Waals surface area contributed by atoms with Gasteiger partial charge in [0.15, 0.2) is 6.61 Å². The monoisotopic (exact) mass is 492 g/mol. The number of imide groups is 1. The van der Waals surface area contributed by atoms with E-state index in [1.54, 1.807) is 43.3 Å². The van der Waals surface area contributed by atoms with Crippen LogP contribution in [0.3, 0.4) is 0 Å². The number of hydrogen-bond donors (Lipinski definition) is 1. The molecule has 0 radical (unpaired) electrons. The smallest absolute Gasteiger partial charge is 0.341 e. The van der Waals surface area contributed by atoms with E-state index < -0.39 is 23.7 Å². The van der Waals surface area contributed by atoms with Crippen molar-refractivity contribution in [3.63, 3.8) is 0 Å². The van der Waals surface area contributed by atoms with Crippen molar-refractivity contribution in [2.45, 2.75) is 26.8 Å². The fourth-order valence-corrected chi connectivity index (χ4v) is 4.69. The van der Waals surface area contributed by atoms with E-state index in [9.17, 15) is 19.2 Å². The van der Waals surface area contributed by atoms with E-state index in [0.29, 0.717) is 21.8 Å². The molecule has 0 fully saturated rings. The SMILES string of the molecule is CCOC(=O)c1cc(CN2C(=O)c3ccccc3C2=O)sc1NC(=O)COc1ccc(CC)cc1. The number of hydrogen-bond acceptors (Lipinski definition) is 7. The number of esters is 1. The molecule has 0 atom stereocenters. The standard InChI is InChI=1S/C26H24N2O6S/c1-3-16-9-11-17(12-10-16)34-15-22(29)27-23-21(26(32)33-4-2)13-18(35-23)14-28-24(30)19-7-5-6-8-20(19)25(28)31/h5-13H,3-4,14-15H2,1-2H3,(H,27,29). The number of nitrogens with zero attached hydrogens (tertiary/aromatic N) is 1. The van der Waals surface area contributed by atoms with Gasteiger partial charge in [-0.3, -0.25) is 19.3 Å². The number of ether oxygens (including phenoxy) is 2. The lowest BCUT2D eigenvalue weighted by atomic mass is 10.1. The predicted octanol–water partition coefficient (Wildman–Crippen LogP) is 4.30. The topological polar surface area (TPSA) is 102 Å². The first-order valence-electron chi connectivity index (χ1n) is 11.2. The number of carbonyl (C=O) groups is 4. The highest BCUT2D eigenvalue weighted by molar-refractivity contribution is 7.16. The summed E-state index contributed by atoms with van der Waals surface area (Å²) in [5.41, 5.74) is 2.00. The van der Waals surface area contributed by atoms with Crippen LogP contribution in [-0.2, 0) is 22.5 Å². The maximum absolute atomic E-state index is 12.7. The Morgan fingerprint density at radius 3 is 2.23 bits per heavy atom. The second-order valence-corrected chi connectivity index (χ2v) is 8.89. The van der Waals surface area contributed by atoms with E-state index in [1.807, 2.05) is 19.1 Å². The van der Waals surface area contributed by atoms with Crippen LogP contribution in [0.5, 0.6) is 5.75 Å². The second kappa shape index (κ2) is 10.5. The third kappa shape index (κ3) is 5.25. The fourth-order valence-electron chi connectivity index (χ4n) is 3.64. The number of thiophene rings is 1. The summed E-state index contributed by atoms with van der Waals surface area (Å²) in [7, 11) is 0. The van der Waals surface area contributed by atoms with Crippen LogP contribution in [0.4, 0.5) is 5.00 Å². The molecule has 9 heteroatoms. The van der Waals surface area contributed by atoms with Gasteiger partial charge in [-0.1, -0.05) is 31.2 Å². The van der Waals surface area contributed by atoms with Gasteiger partial charge in [-0.15, -0.1) is 11.3 Å². The van der Waals surface area contributed by atoms with Gasteiger partial charge in [0.2, 0.25) is 0 Å². The Balaban J connectivity index is 1.48. The molecule has 180 valence electrons. The zero-order valence-corrected chi connectivity index (χ0v) is 20.1. The van der Waals surface area contributed by atoms with Crippen molar-refractivity contribution in [1.29, 1.82) is 0 Å². The molecular formula is C26H24N2O6S. The van der Waals surface area contributed by atoms with Gasteiger partial charge >= 0.3 is 5.97 Å². The molecule has 3 amide bonds. The molecule has 1 aromatic heterocycles. The molecule has 0 saturated heterocycles. The Kier molecular flexibility index (Phi) is 7.26. The number of nitrogens with one attached hydrogen (secondary N) is 1. The summed E-state index contributed by atoms with van der Waals surface area (Å²) in [4.78, 5) is 52.1. The van der Waals surface area contributed by atoms with Gasteiger partial charge in [0.1, 0.15) is 10.8 Å². The lowest BCUT2D eigenvalue weighted by molar-refractivity contribution is -0.118. The molecule has 4 rings (SSSR count). The molecule has 1 aliphatic heterocycles. The molecule has 2 heterocycles. The minimum absolute atomic E-state index is 0.0282. The van der Waals surface area contributed by atoms with Crippen LogP contribution in [0.1, 0.15) is 55.4 Å². The Bertz CT molecular complexity index is 1250. The van der Waals surface area contributed by atoms with E-state index in [1.165, 1.54) is 6.07 Å².